The van der Waals surface area contributed by atoms with Gasteiger partial charge in [-0.3, -0.25) is 9.59 Å². The van der Waals surface area contributed by atoms with Gasteiger partial charge < -0.3 is 20.0 Å². The predicted octanol–water partition coefficient (Wildman–Crippen LogP) is 1.49. The summed E-state index contributed by atoms with van der Waals surface area (Å²) in [5.74, 6) is -0.259. The van der Waals surface area contributed by atoms with Crippen molar-refractivity contribution in [1.82, 2.24) is 9.80 Å². The van der Waals surface area contributed by atoms with E-state index < -0.39 is 0 Å². The number of carbonyl (C=O) groups excluding carboxylic acids is 2. The van der Waals surface area contributed by atoms with Crippen molar-refractivity contribution in [2.75, 3.05) is 58.0 Å². The molecule has 0 radical (unpaired) electrons. The number of likely N-dealkylation sites (tertiary alicyclic amines) is 1. The van der Waals surface area contributed by atoms with Gasteiger partial charge in [-0.2, -0.15) is 0 Å². The van der Waals surface area contributed by atoms with Crippen molar-refractivity contribution in [2.45, 2.75) is 12.8 Å². The molecule has 1 aromatic rings. The van der Waals surface area contributed by atoms with Crippen molar-refractivity contribution in [3.8, 4) is 0 Å². The molecule has 1 fully saturated rings. The van der Waals surface area contributed by atoms with Gasteiger partial charge in [-0.25, -0.2) is 0 Å². The molecule has 0 aliphatic carbocycles. The van der Waals surface area contributed by atoms with Crippen molar-refractivity contribution in [3.05, 3.63) is 24.3 Å². The van der Waals surface area contributed by atoms with Crippen LogP contribution in [-0.2, 0) is 9.59 Å². The Morgan fingerprint density at radius 3 is 2.71 bits per heavy atom. The Hall–Kier alpha value is -2.08. The number of carbonyl (C=O) groups is 2. The van der Waals surface area contributed by atoms with Gasteiger partial charge in [0.1, 0.15) is 0 Å². The molecule has 132 valence electrons. The number of nitrogens with one attached hydrogen (secondary N) is 1. The zero-order valence-corrected chi connectivity index (χ0v) is 15.1. The van der Waals surface area contributed by atoms with Crippen molar-refractivity contribution in [3.63, 3.8) is 0 Å². The summed E-state index contributed by atoms with van der Waals surface area (Å²) in [5, 5.41) is 2.94. The van der Waals surface area contributed by atoms with Gasteiger partial charge in [0.2, 0.25) is 11.8 Å². The first-order valence-corrected chi connectivity index (χ1v) is 8.37. The maximum atomic E-state index is 12.5. The van der Waals surface area contributed by atoms with Crippen LogP contribution in [0.3, 0.4) is 0 Å². The van der Waals surface area contributed by atoms with Gasteiger partial charge >= 0.3 is 0 Å². The highest BCUT2D eigenvalue weighted by atomic mass is 16.2. The number of benzene rings is 1. The maximum absolute atomic E-state index is 12.5. The topological polar surface area (TPSA) is 55.9 Å². The number of hydrogen-bond acceptors (Lipinski definition) is 4. The molecule has 1 N–H and O–H groups in total. The van der Waals surface area contributed by atoms with Crippen LogP contribution in [0.4, 0.5) is 11.4 Å². The van der Waals surface area contributed by atoms with Gasteiger partial charge in [0, 0.05) is 45.0 Å². The lowest BCUT2D eigenvalue weighted by atomic mass is 10.1. The fourth-order valence-corrected chi connectivity index (χ4v) is 2.85. The Labute approximate surface area is 144 Å². The minimum absolute atomic E-state index is 0.0747. The third kappa shape index (κ3) is 4.96. The standard InChI is InChI=1S/C18H28N4O2/c1-20(2)9-6-10-22-13-14(11-17(22)23)18(24)19-15-7-5-8-16(12-15)21(3)4/h5,7-8,12,14H,6,9-11,13H2,1-4H3,(H,19,24). The van der Waals surface area contributed by atoms with Gasteiger partial charge in [0.05, 0.1) is 5.92 Å². The van der Waals surface area contributed by atoms with E-state index in [-0.39, 0.29) is 17.7 Å². The first kappa shape index (κ1) is 18.3. The average molecular weight is 332 g/mol. The van der Waals surface area contributed by atoms with E-state index in [1.54, 1.807) is 0 Å². The monoisotopic (exact) mass is 332 g/mol. The molecule has 0 aromatic heterocycles. The van der Waals surface area contributed by atoms with Crippen LogP contribution in [0.15, 0.2) is 24.3 Å². The molecule has 1 aromatic carbocycles. The molecule has 1 saturated heterocycles. The average Bonchev–Trinajstić information content (AvgIpc) is 2.88. The third-order valence-corrected chi connectivity index (χ3v) is 4.25. The first-order valence-electron chi connectivity index (χ1n) is 8.37. The smallest absolute Gasteiger partial charge is 0.229 e. The summed E-state index contributed by atoms with van der Waals surface area (Å²) >= 11 is 0. The molecule has 1 atom stereocenters. The molecule has 24 heavy (non-hydrogen) atoms. The maximum Gasteiger partial charge on any atom is 0.229 e. The molecule has 0 saturated carbocycles. The Kier molecular flexibility index (Phi) is 6.20. The third-order valence-electron chi connectivity index (χ3n) is 4.25. The first-order chi connectivity index (χ1) is 11.4. The van der Waals surface area contributed by atoms with E-state index in [2.05, 4.69) is 10.2 Å². The fourth-order valence-electron chi connectivity index (χ4n) is 2.85. The minimum atomic E-state index is -0.264. The van der Waals surface area contributed by atoms with Crippen LogP contribution >= 0.6 is 0 Å². The lowest BCUT2D eigenvalue weighted by Gasteiger charge is -2.18. The lowest BCUT2D eigenvalue weighted by Crippen LogP contribution is -2.30. The van der Waals surface area contributed by atoms with E-state index in [1.807, 2.05) is 62.3 Å². The minimum Gasteiger partial charge on any atom is -0.378 e. The van der Waals surface area contributed by atoms with E-state index >= 15 is 0 Å². The number of hydrogen-bond donors (Lipinski definition) is 1. The largest absolute Gasteiger partial charge is 0.378 e. The molecule has 6 heteroatoms. The van der Waals surface area contributed by atoms with E-state index in [0.717, 1.165) is 30.9 Å². The lowest BCUT2D eigenvalue weighted by molar-refractivity contribution is -0.128. The SMILES string of the molecule is CN(C)CCCN1CC(C(=O)Nc2cccc(N(C)C)c2)CC1=O. The number of rotatable bonds is 7. The van der Waals surface area contributed by atoms with Crippen LogP contribution < -0.4 is 10.2 Å². The quantitative estimate of drug-likeness (QED) is 0.822. The number of amides is 2. The zero-order chi connectivity index (χ0) is 17.7. The molecular formula is C18H28N4O2. The summed E-state index contributed by atoms with van der Waals surface area (Å²) in [6, 6.07) is 7.71. The summed E-state index contributed by atoms with van der Waals surface area (Å²) in [5.41, 5.74) is 1.80. The van der Waals surface area contributed by atoms with Gasteiger partial charge in [0.25, 0.3) is 0 Å². The van der Waals surface area contributed by atoms with Crippen LogP contribution in [0.2, 0.25) is 0 Å². The number of nitrogens with zero attached hydrogens (tertiary/aromatic N) is 3. The fraction of sp³-hybridized carbons (Fsp3) is 0.556. The molecule has 1 aliphatic rings. The van der Waals surface area contributed by atoms with Gasteiger partial charge in [-0.15, -0.1) is 0 Å². The van der Waals surface area contributed by atoms with Crippen molar-refractivity contribution in [2.24, 2.45) is 5.92 Å². The highest BCUT2D eigenvalue weighted by molar-refractivity contribution is 5.97. The summed E-state index contributed by atoms with van der Waals surface area (Å²) in [6.45, 7) is 2.18. The van der Waals surface area contributed by atoms with Crippen LogP contribution in [0.5, 0.6) is 0 Å². The van der Waals surface area contributed by atoms with Crippen molar-refractivity contribution < 1.29 is 9.59 Å². The molecule has 2 rings (SSSR count). The van der Waals surface area contributed by atoms with Crippen molar-refractivity contribution >= 4 is 23.2 Å². The van der Waals surface area contributed by atoms with Crippen LogP contribution in [-0.4, -0.2) is 69.4 Å². The predicted molar refractivity (Wildman–Crippen MR) is 97.3 cm³/mol. The summed E-state index contributed by atoms with van der Waals surface area (Å²) in [4.78, 5) is 30.4. The highest BCUT2D eigenvalue weighted by Crippen LogP contribution is 2.22. The molecule has 2 amide bonds. The van der Waals surface area contributed by atoms with Crippen LogP contribution in [0.1, 0.15) is 12.8 Å². The second-order valence-corrected chi connectivity index (χ2v) is 6.83. The summed E-state index contributed by atoms with van der Waals surface area (Å²) in [6.07, 6.45) is 1.24. The van der Waals surface area contributed by atoms with E-state index in [9.17, 15) is 9.59 Å². The van der Waals surface area contributed by atoms with E-state index in [4.69, 9.17) is 0 Å². The molecule has 6 nitrogen and oxygen atoms in total. The zero-order valence-electron chi connectivity index (χ0n) is 15.1. The Morgan fingerprint density at radius 1 is 1.29 bits per heavy atom. The Balaban J connectivity index is 1.89. The normalized spacial score (nSPS) is 17.5. The highest BCUT2D eigenvalue weighted by Gasteiger charge is 2.33. The summed E-state index contributed by atoms with van der Waals surface area (Å²) in [7, 11) is 7.96. The Bertz CT molecular complexity index is 586. The number of anilines is 2. The molecule has 0 bridgehead atoms. The molecule has 1 unspecified atom stereocenters. The second-order valence-electron chi connectivity index (χ2n) is 6.83. The second kappa shape index (κ2) is 8.15. The van der Waals surface area contributed by atoms with E-state index in [0.29, 0.717) is 13.0 Å². The Morgan fingerprint density at radius 2 is 2.04 bits per heavy atom. The van der Waals surface area contributed by atoms with Gasteiger partial charge in [-0.1, -0.05) is 6.07 Å². The van der Waals surface area contributed by atoms with Crippen LogP contribution in [0.25, 0.3) is 0 Å². The molecule has 0 spiro atoms. The molecule has 1 aliphatic heterocycles. The molecular weight excluding hydrogens is 304 g/mol. The van der Waals surface area contributed by atoms with Crippen LogP contribution in [0, 0.1) is 5.92 Å². The van der Waals surface area contributed by atoms with Gasteiger partial charge in [0.15, 0.2) is 0 Å². The van der Waals surface area contributed by atoms with Gasteiger partial charge in [-0.05, 0) is 45.3 Å². The summed E-state index contributed by atoms with van der Waals surface area (Å²) < 4.78 is 0. The molecule has 1 heterocycles. The van der Waals surface area contributed by atoms with E-state index in [1.165, 1.54) is 0 Å². The van der Waals surface area contributed by atoms with Crippen molar-refractivity contribution in [1.29, 1.82) is 0 Å².